The first-order valence-electron chi connectivity index (χ1n) is 11.7. The van der Waals surface area contributed by atoms with Gasteiger partial charge < -0.3 is 25.9 Å². The van der Waals surface area contributed by atoms with Crippen LogP contribution in [0.2, 0.25) is 0 Å². The van der Waals surface area contributed by atoms with Crippen LogP contribution in [0.4, 0.5) is 32.7 Å². The molecular weight excluding hydrogens is 540 g/mol. The molecule has 0 aliphatic carbocycles. The molecule has 5 aromatic heterocycles. The second-order valence-corrected chi connectivity index (χ2v) is 9.55. The number of hydrogen-bond donors (Lipinski definition) is 5. The summed E-state index contributed by atoms with van der Waals surface area (Å²) in [5.74, 6) is 0.915. The number of carbonyl (C=O) groups is 2. The molecule has 7 N–H and O–H groups in total. The van der Waals surface area contributed by atoms with Gasteiger partial charge in [-0.05, 0) is 48.9 Å². The summed E-state index contributed by atoms with van der Waals surface area (Å²) in [6.45, 7) is 4.07. The van der Waals surface area contributed by atoms with E-state index in [0.717, 1.165) is 26.4 Å². The van der Waals surface area contributed by atoms with Gasteiger partial charge in [-0.3, -0.25) is 10.6 Å². The molecule has 0 aliphatic heterocycles. The van der Waals surface area contributed by atoms with E-state index in [0.29, 0.717) is 29.6 Å². The minimum Gasteiger partial charge on any atom is -0.450 e. The molecular formula is C25H26N8O4S2. The van der Waals surface area contributed by atoms with E-state index >= 15 is 0 Å². The monoisotopic (exact) mass is 566 g/mol. The van der Waals surface area contributed by atoms with Crippen molar-refractivity contribution < 1.29 is 19.1 Å². The number of H-pyrrole nitrogens is 1. The van der Waals surface area contributed by atoms with Crippen LogP contribution < -0.4 is 22.1 Å². The third kappa shape index (κ3) is 6.80. The number of nitrogens with two attached hydrogens (primary N) is 2. The summed E-state index contributed by atoms with van der Waals surface area (Å²) < 4.78 is 9.64. The van der Waals surface area contributed by atoms with Gasteiger partial charge in [0.2, 0.25) is 0 Å². The standard InChI is InChI=1S/C13H12N4O2S.C12H14N4O2S/c1-2-19-13(18)17-10-6-8(9-4-3-5-20-9)11-12(16-10)15-7-14-11;1-2-18-12(17)16-9-6-7(8-4-3-5-19-8)10(13)11(14)15-9/h3-7H,2H2,1H3,(H2,14,15,16,17,18);3-6H,2,13H2,1H3,(H3,14,15,16,17). The molecule has 39 heavy (non-hydrogen) atoms. The number of thiophene rings is 2. The van der Waals surface area contributed by atoms with Crippen LogP contribution in [0.25, 0.3) is 32.0 Å². The Morgan fingerprint density at radius 1 is 0.897 bits per heavy atom. The molecule has 0 atom stereocenters. The van der Waals surface area contributed by atoms with Gasteiger partial charge >= 0.3 is 12.2 Å². The number of hydrogen-bond acceptors (Lipinski definition) is 11. The Morgan fingerprint density at radius 2 is 1.46 bits per heavy atom. The van der Waals surface area contributed by atoms with E-state index in [1.54, 1.807) is 37.6 Å². The van der Waals surface area contributed by atoms with Gasteiger partial charge in [0.1, 0.15) is 17.5 Å². The molecule has 202 valence electrons. The highest BCUT2D eigenvalue weighted by Gasteiger charge is 2.14. The fourth-order valence-electron chi connectivity index (χ4n) is 3.43. The zero-order valence-corrected chi connectivity index (χ0v) is 22.7. The van der Waals surface area contributed by atoms with E-state index in [4.69, 9.17) is 20.9 Å². The van der Waals surface area contributed by atoms with Crippen molar-refractivity contribution in [2.45, 2.75) is 13.8 Å². The quantitative estimate of drug-likeness (QED) is 0.169. The molecule has 0 bridgehead atoms. The Kier molecular flexibility index (Phi) is 8.91. The fourth-order valence-corrected chi connectivity index (χ4v) is 4.94. The summed E-state index contributed by atoms with van der Waals surface area (Å²) in [7, 11) is 0. The van der Waals surface area contributed by atoms with Crippen molar-refractivity contribution in [1.29, 1.82) is 0 Å². The van der Waals surface area contributed by atoms with E-state index in [2.05, 4.69) is 30.6 Å². The van der Waals surface area contributed by atoms with Crippen LogP contribution in [-0.4, -0.2) is 45.3 Å². The molecule has 12 nitrogen and oxygen atoms in total. The zero-order chi connectivity index (χ0) is 27.8. The number of rotatable bonds is 6. The fraction of sp³-hybridized carbons (Fsp3) is 0.160. The summed E-state index contributed by atoms with van der Waals surface area (Å²) in [6, 6.07) is 11.3. The van der Waals surface area contributed by atoms with Gasteiger partial charge in [0.25, 0.3) is 0 Å². The first kappa shape index (κ1) is 27.3. The number of nitrogens with zero attached hydrogens (tertiary/aromatic N) is 3. The highest BCUT2D eigenvalue weighted by Crippen LogP contribution is 2.34. The number of ether oxygens (including phenoxy) is 2. The second-order valence-electron chi connectivity index (χ2n) is 7.66. The summed E-state index contributed by atoms with van der Waals surface area (Å²) in [6.07, 6.45) is 0.492. The number of pyridine rings is 2. The zero-order valence-electron chi connectivity index (χ0n) is 21.1. The molecule has 0 aromatic carbocycles. The number of nitrogen functional groups attached to an aromatic ring is 2. The molecule has 0 spiro atoms. The Labute approximate surface area is 231 Å². The number of anilines is 4. The lowest BCUT2D eigenvalue weighted by Crippen LogP contribution is -2.15. The second kappa shape index (κ2) is 12.7. The lowest BCUT2D eigenvalue weighted by Gasteiger charge is -2.10. The van der Waals surface area contributed by atoms with Gasteiger partial charge in [-0.2, -0.15) is 0 Å². The number of amides is 2. The summed E-state index contributed by atoms with van der Waals surface area (Å²) >= 11 is 3.14. The summed E-state index contributed by atoms with van der Waals surface area (Å²) in [4.78, 5) is 40.4. The van der Waals surface area contributed by atoms with Gasteiger partial charge in [-0.25, -0.2) is 24.5 Å². The third-order valence-electron chi connectivity index (χ3n) is 5.07. The minimum atomic E-state index is -0.573. The predicted octanol–water partition coefficient (Wildman–Crippen LogP) is 5.80. The van der Waals surface area contributed by atoms with Crippen molar-refractivity contribution in [3.8, 4) is 20.9 Å². The number of aromatic amines is 1. The maximum atomic E-state index is 11.5. The van der Waals surface area contributed by atoms with E-state index in [1.165, 1.54) is 11.3 Å². The number of carbonyl (C=O) groups excluding carboxylic acids is 2. The van der Waals surface area contributed by atoms with E-state index in [1.807, 2.05) is 41.1 Å². The van der Waals surface area contributed by atoms with E-state index in [-0.39, 0.29) is 12.4 Å². The van der Waals surface area contributed by atoms with Gasteiger partial charge in [-0.15, -0.1) is 22.7 Å². The Hall–Kier alpha value is -4.69. The molecule has 5 heterocycles. The molecule has 0 saturated heterocycles. The maximum absolute atomic E-state index is 11.5. The largest absolute Gasteiger partial charge is 0.450 e. The van der Waals surface area contributed by atoms with Crippen molar-refractivity contribution in [3.05, 3.63) is 53.5 Å². The molecule has 5 rings (SSSR count). The van der Waals surface area contributed by atoms with Crippen molar-refractivity contribution in [2.75, 3.05) is 35.3 Å². The Bertz CT molecular complexity index is 1550. The predicted molar refractivity (Wildman–Crippen MR) is 155 cm³/mol. The van der Waals surface area contributed by atoms with Crippen molar-refractivity contribution >= 4 is 69.2 Å². The van der Waals surface area contributed by atoms with Crippen LogP contribution in [0.1, 0.15) is 13.8 Å². The molecule has 2 amide bonds. The van der Waals surface area contributed by atoms with Crippen molar-refractivity contribution in [3.63, 3.8) is 0 Å². The minimum absolute atomic E-state index is 0.178. The normalized spacial score (nSPS) is 10.4. The van der Waals surface area contributed by atoms with Crippen LogP contribution in [0, 0.1) is 0 Å². The van der Waals surface area contributed by atoms with Crippen LogP contribution >= 0.6 is 22.7 Å². The van der Waals surface area contributed by atoms with E-state index in [9.17, 15) is 9.59 Å². The average Bonchev–Trinajstić information content (AvgIpc) is 3.69. The number of fused-ring (bicyclic) bond motifs is 1. The number of imidazole rings is 1. The van der Waals surface area contributed by atoms with Crippen LogP contribution in [0.15, 0.2) is 53.5 Å². The molecule has 0 radical (unpaired) electrons. The van der Waals surface area contributed by atoms with Gasteiger partial charge in [0, 0.05) is 20.9 Å². The van der Waals surface area contributed by atoms with Crippen LogP contribution in [0.5, 0.6) is 0 Å². The topological polar surface area (TPSA) is 183 Å². The highest BCUT2D eigenvalue weighted by atomic mass is 32.1. The molecule has 0 unspecified atom stereocenters. The van der Waals surface area contributed by atoms with Crippen LogP contribution in [-0.2, 0) is 9.47 Å². The first-order chi connectivity index (χ1) is 18.9. The van der Waals surface area contributed by atoms with Gasteiger partial charge in [-0.1, -0.05) is 12.1 Å². The number of aromatic nitrogens is 4. The first-order valence-corrected chi connectivity index (χ1v) is 13.5. The maximum Gasteiger partial charge on any atom is 0.412 e. The smallest absolute Gasteiger partial charge is 0.412 e. The van der Waals surface area contributed by atoms with Gasteiger partial charge in [0.05, 0.1) is 30.7 Å². The molecule has 5 aromatic rings. The Balaban J connectivity index is 0.000000181. The number of nitrogens with one attached hydrogen (secondary N) is 3. The highest BCUT2D eigenvalue weighted by molar-refractivity contribution is 7.13. The third-order valence-corrected chi connectivity index (χ3v) is 6.87. The SMILES string of the molecule is CCOC(=O)Nc1cc(-c2cccs2)c(N)c(N)n1.CCOC(=O)Nc1cc(-c2cccs2)c2[nH]cnc2n1. The molecule has 0 fully saturated rings. The average molecular weight is 567 g/mol. The lowest BCUT2D eigenvalue weighted by molar-refractivity contribution is 0.167. The summed E-state index contributed by atoms with van der Waals surface area (Å²) in [5, 5.41) is 9.05. The lowest BCUT2D eigenvalue weighted by atomic mass is 10.2. The van der Waals surface area contributed by atoms with Crippen LogP contribution in [0.3, 0.4) is 0 Å². The Morgan fingerprint density at radius 3 is 2.03 bits per heavy atom. The molecule has 0 aliphatic rings. The van der Waals surface area contributed by atoms with Crippen molar-refractivity contribution in [2.24, 2.45) is 0 Å². The molecule has 0 saturated carbocycles. The van der Waals surface area contributed by atoms with E-state index < -0.39 is 12.2 Å². The van der Waals surface area contributed by atoms with Gasteiger partial charge in [0.15, 0.2) is 5.65 Å². The summed E-state index contributed by atoms with van der Waals surface area (Å²) in [5.41, 5.74) is 15.2. The van der Waals surface area contributed by atoms with Crippen molar-refractivity contribution in [1.82, 2.24) is 19.9 Å². The molecule has 14 heteroatoms.